The summed E-state index contributed by atoms with van der Waals surface area (Å²) in [5.41, 5.74) is 1.79. The number of aryl methyl sites for hydroxylation is 3. The molecular weight excluding hydrogens is 631 g/mol. The fourth-order valence-electron chi connectivity index (χ4n) is 6.91. The van der Waals surface area contributed by atoms with Crippen LogP contribution in [0.3, 0.4) is 0 Å². The number of fused-ring (bicyclic) bond motifs is 1. The molecule has 2 saturated heterocycles. The van der Waals surface area contributed by atoms with E-state index < -0.39 is 57.4 Å². The molecule has 0 aliphatic carbocycles. The van der Waals surface area contributed by atoms with E-state index in [0.717, 1.165) is 5.56 Å². The van der Waals surface area contributed by atoms with Crippen molar-refractivity contribution in [3.05, 3.63) is 51.6 Å². The summed E-state index contributed by atoms with van der Waals surface area (Å²) < 4.78 is 60.7. The Kier molecular flexibility index (Phi) is 10.4. The van der Waals surface area contributed by atoms with Gasteiger partial charge in [-0.2, -0.15) is 13.4 Å². The van der Waals surface area contributed by atoms with E-state index in [9.17, 15) is 13.2 Å². The Labute approximate surface area is 270 Å². The molecule has 0 saturated carbocycles. The zero-order valence-corrected chi connectivity index (χ0v) is 31.2. The summed E-state index contributed by atoms with van der Waals surface area (Å²) in [5, 5.41) is 0. The third kappa shape index (κ3) is 6.51. The van der Waals surface area contributed by atoms with Crippen LogP contribution in [0.25, 0.3) is 0 Å². The smallest absolute Gasteiger partial charge is 0.353 e. The van der Waals surface area contributed by atoms with Crippen LogP contribution in [0.15, 0.2) is 39.1 Å². The van der Waals surface area contributed by atoms with Crippen molar-refractivity contribution in [1.29, 1.82) is 0 Å². The van der Waals surface area contributed by atoms with E-state index in [0.29, 0.717) is 11.1 Å². The van der Waals surface area contributed by atoms with Gasteiger partial charge in [-0.05, 0) is 60.8 Å². The van der Waals surface area contributed by atoms with Crippen molar-refractivity contribution >= 4 is 34.0 Å². The number of aliphatic imine (C=N–C) groups is 1. The van der Waals surface area contributed by atoms with Gasteiger partial charge in [0.15, 0.2) is 6.23 Å². The maximum Gasteiger partial charge on any atom is 0.353 e. The fraction of sp³-hybridized carbons (Fsp3) is 0.645. The Bertz CT molecular complexity index is 1540. The van der Waals surface area contributed by atoms with Crippen molar-refractivity contribution in [2.24, 2.45) is 4.99 Å². The minimum Gasteiger partial charge on any atom is -0.414 e. The van der Waals surface area contributed by atoms with Crippen molar-refractivity contribution in [2.45, 2.75) is 128 Å². The van der Waals surface area contributed by atoms with E-state index in [1.807, 2.05) is 6.92 Å². The van der Waals surface area contributed by atoms with E-state index >= 15 is 0 Å². The summed E-state index contributed by atoms with van der Waals surface area (Å²) in [5.74, 6) is -0.341. The predicted octanol–water partition coefficient (Wildman–Crippen LogP) is 5.86. The van der Waals surface area contributed by atoms with E-state index in [1.165, 1.54) is 16.8 Å². The van der Waals surface area contributed by atoms with Crippen LogP contribution in [0.2, 0.25) is 22.2 Å². The van der Waals surface area contributed by atoms with E-state index in [4.69, 9.17) is 21.9 Å². The first-order valence-electron chi connectivity index (χ1n) is 15.6. The Balaban J connectivity index is 1.70. The molecule has 0 unspecified atom stereocenters. The Hall–Kier alpha value is -2.21. The zero-order chi connectivity index (χ0) is 33.6. The van der Waals surface area contributed by atoms with Crippen molar-refractivity contribution < 1.29 is 30.3 Å². The highest BCUT2D eigenvalue weighted by Crippen LogP contribution is 2.48. The van der Waals surface area contributed by atoms with Crippen LogP contribution in [0.5, 0.6) is 5.88 Å². The monoisotopic (exact) mass is 679 g/mol. The molecule has 2 fully saturated rings. The lowest BCUT2D eigenvalue weighted by Crippen LogP contribution is -2.65. The third-order valence-corrected chi connectivity index (χ3v) is 20.8. The van der Waals surface area contributed by atoms with Crippen LogP contribution < -0.4 is 9.87 Å². The molecule has 1 aromatic heterocycles. The lowest BCUT2D eigenvalue weighted by atomic mass is 10.1. The van der Waals surface area contributed by atoms with Crippen molar-refractivity contribution in [3.8, 4) is 5.88 Å². The van der Waals surface area contributed by atoms with E-state index in [2.05, 4.69) is 72.1 Å². The molecule has 250 valence electrons. The highest BCUT2D eigenvalue weighted by Gasteiger charge is 2.61. The highest BCUT2D eigenvalue weighted by molar-refractivity contribution is 7.87. The van der Waals surface area contributed by atoms with Crippen LogP contribution >= 0.6 is 0 Å². The van der Waals surface area contributed by atoms with Crippen LogP contribution in [-0.2, 0) is 27.8 Å². The van der Waals surface area contributed by atoms with Gasteiger partial charge in [-0.1, -0.05) is 73.1 Å². The van der Waals surface area contributed by atoms with E-state index in [-0.39, 0.29) is 39.5 Å². The zero-order valence-electron chi connectivity index (χ0n) is 28.4. The average Bonchev–Trinajstić information content (AvgIpc) is 3.22. The van der Waals surface area contributed by atoms with Crippen molar-refractivity contribution in [1.82, 2.24) is 9.55 Å². The molecule has 11 nitrogen and oxygen atoms in total. The first kappa shape index (κ1) is 35.6. The minimum atomic E-state index is -4.25. The van der Waals surface area contributed by atoms with Gasteiger partial charge in [0.1, 0.15) is 23.1 Å². The Morgan fingerprint density at radius 3 is 2.02 bits per heavy atom. The van der Waals surface area contributed by atoms with Gasteiger partial charge in [0.25, 0.3) is 0 Å². The van der Waals surface area contributed by atoms with Gasteiger partial charge in [-0.15, -0.1) is 0 Å². The number of hydrogen-bond acceptors (Lipinski definition) is 10. The van der Waals surface area contributed by atoms with Crippen LogP contribution in [-0.4, -0.2) is 66.7 Å². The molecule has 2 aliphatic rings. The molecule has 2 aliphatic heterocycles. The molecule has 0 amide bonds. The van der Waals surface area contributed by atoms with Gasteiger partial charge < -0.3 is 21.9 Å². The predicted molar refractivity (Wildman–Crippen MR) is 178 cm³/mol. The molecule has 2 aromatic rings. The van der Waals surface area contributed by atoms with E-state index in [1.54, 1.807) is 26.0 Å². The molecule has 0 N–H and O–H groups in total. The van der Waals surface area contributed by atoms with Crippen molar-refractivity contribution in [3.63, 3.8) is 0 Å². The summed E-state index contributed by atoms with van der Waals surface area (Å²) in [6, 6.07) is 4.19. The highest BCUT2D eigenvalue weighted by atomic mass is 32.2. The second-order valence-corrected chi connectivity index (χ2v) is 23.8. The molecule has 0 bridgehead atoms. The summed E-state index contributed by atoms with van der Waals surface area (Å²) in [7, 11) is -10.0. The number of nitrogens with zero attached hydrogens (tertiary/aromatic N) is 3. The molecule has 14 heteroatoms. The SMILES string of the molecule is C=N[C@H]1[C@@H]2O[Si](C(C)C)(C(C)C)O[Si](C(C)C)(C(C)C)OC[C@H]2O[C@H]1n1ccc(OS(=O)(=O)c2c(C)cc(C)cc2C)nc1=O. The van der Waals surface area contributed by atoms with Gasteiger partial charge >= 0.3 is 32.9 Å². The molecule has 1 aromatic carbocycles. The van der Waals surface area contributed by atoms with Gasteiger partial charge in [0.05, 0.1) is 6.61 Å². The number of benzene rings is 1. The standard InChI is InChI=1S/C31H49N3O8SSi2/c1-18(2)44(19(3)4)38-17-25-28(41-45(42-44,20(5)6)21(7)8)27(32-12)30(39-25)34-14-13-26(33-31(34)35)40-43(36,37)29-23(10)15-22(9)16-24(29)11/h13-16,18-21,25,27-28,30H,12,17H2,1-11H3/t25-,27+,28-,30-/m1/s1. The topological polar surface area (TPSA) is 128 Å². The van der Waals surface area contributed by atoms with Crippen LogP contribution in [0, 0.1) is 20.8 Å². The second kappa shape index (κ2) is 13.1. The molecular formula is C31H49N3O8SSi2. The Morgan fingerprint density at radius 1 is 0.978 bits per heavy atom. The maximum absolute atomic E-state index is 13.4. The Morgan fingerprint density at radius 2 is 1.53 bits per heavy atom. The quantitative estimate of drug-likeness (QED) is 0.182. The summed E-state index contributed by atoms with van der Waals surface area (Å²) in [6.45, 7) is 26.5. The van der Waals surface area contributed by atoms with Crippen LogP contribution in [0.4, 0.5) is 0 Å². The lowest BCUT2D eigenvalue weighted by molar-refractivity contribution is -0.0568. The van der Waals surface area contributed by atoms with Gasteiger partial charge in [-0.25, -0.2) is 4.79 Å². The third-order valence-electron chi connectivity index (χ3n) is 8.98. The normalized spacial score (nSPS) is 25.0. The first-order valence-corrected chi connectivity index (χ1v) is 21.0. The molecule has 0 spiro atoms. The second-order valence-electron chi connectivity index (χ2n) is 13.5. The molecule has 3 heterocycles. The molecule has 45 heavy (non-hydrogen) atoms. The largest absolute Gasteiger partial charge is 0.414 e. The minimum absolute atomic E-state index is 0.0510. The number of aromatic nitrogens is 2. The average molecular weight is 680 g/mol. The fourth-order valence-corrected chi connectivity index (χ4v) is 19.4. The molecule has 4 rings (SSSR count). The van der Waals surface area contributed by atoms with Gasteiger partial charge in [0.2, 0.25) is 5.88 Å². The number of rotatable bonds is 9. The summed E-state index contributed by atoms with van der Waals surface area (Å²) >= 11 is 0. The lowest BCUT2D eigenvalue weighted by Gasteiger charge is -2.51. The maximum atomic E-state index is 13.4. The number of hydrogen-bond donors (Lipinski definition) is 0. The number of ether oxygens (including phenoxy) is 1. The first-order chi connectivity index (χ1) is 20.9. The van der Waals surface area contributed by atoms with Crippen LogP contribution in [0.1, 0.15) is 78.3 Å². The van der Waals surface area contributed by atoms with Gasteiger partial charge in [0, 0.05) is 12.3 Å². The van der Waals surface area contributed by atoms with Gasteiger partial charge in [-0.3, -0.25) is 9.56 Å². The molecule has 0 radical (unpaired) electrons. The van der Waals surface area contributed by atoms with Crippen molar-refractivity contribution in [2.75, 3.05) is 6.61 Å². The molecule has 4 atom stereocenters. The summed E-state index contributed by atoms with van der Waals surface area (Å²) in [4.78, 5) is 21.8. The summed E-state index contributed by atoms with van der Waals surface area (Å²) in [6.07, 6.45) is -0.623.